The molecule has 2 rings (SSSR count). The largest absolute Gasteiger partial charge is 0.385 e. The Morgan fingerprint density at radius 1 is 1.28 bits per heavy atom. The number of carbonyl (C=O) groups is 1. The highest BCUT2D eigenvalue weighted by atomic mass is 19.1. The van der Waals surface area contributed by atoms with Crippen LogP contribution in [0.1, 0.15) is 47.1 Å². The van der Waals surface area contributed by atoms with Gasteiger partial charge in [-0.3, -0.25) is 9.69 Å². The molecule has 1 heterocycles. The van der Waals surface area contributed by atoms with Crippen molar-refractivity contribution in [3.63, 3.8) is 0 Å². The summed E-state index contributed by atoms with van der Waals surface area (Å²) in [5, 5.41) is 3.33. The van der Waals surface area contributed by atoms with Crippen molar-refractivity contribution in [2.75, 3.05) is 18.9 Å². The third-order valence-corrected chi connectivity index (χ3v) is 5.05. The average Bonchev–Trinajstić information content (AvgIpc) is 2.50. The number of aliphatic imine (C=N–C) groups is 1. The molecule has 3 N–H and O–H groups in total. The van der Waals surface area contributed by atoms with E-state index >= 15 is 0 Å². The van der Waals surface area contributed by atoms with Gasteiger partial charge in [0.15, 0.2) is 5.96 Å². The number of benzene rings is 1. The molecule has 1 aliphatic heterocycles. The highest BCUT2D eigenvalue weighted by molar-refractivity contribution is 6.01. The molecule has 0 aliphatic carbocycles. The molecule has 1 aromatic carbocycles. The van der Waals surface area contributed by atoms with Gasteiger partial charge in [-0.25, -0.2) is 9.38 Å². The van der Waals surface area contributed by atoms with Crippen molar-refractivity contribution in [1.82, 2.24) is 4.90 Å². The molecular weight excluding hydrogens is 319 g/mol. The Bertz CT molecular complexity index is 721. The fourth-order valence-corrected chi connectivity index (χ4v) is 2.95. The minimum Gasteiger partial charge on any atom is -0.385 e. The predicted molar refractivity (Wildman–Crippen MR) is 99.9 cm³/mol. The summed E-state index contributed by atoms with van der Waals surface area (Å²) in [4.78, 5) is 18.6. The summed E-state index contributed by atoms with van der Waals surface area (Å²) < 4.78 is 14.7. The molecule has 0 unspecified atom stereocenters. The topological polar surface area (TPSA) is 70.7 Å². The van der Waals surface area contributed by atoms with E-state index in [-0.39, 0.29) is 17.3 Å². The number of carbonyl (C=O) groups excluding carboxylic acids is 1. The van der Waals surface area contributed by atoms with E-state index in [1.165, 1.54) is 11.0 Å². The van der Waals surface area contributed by atoms with Crippen LogP contribution in [0.15, 0.2) is 23.2 Å². The number of nitrogens with zero attached hydrogens (tertiary/aromatic N) is 2. The summed E-state index contributed by atoms with van der Waals surface area (Å²) in [7, 11) is 1.58. The molecule has 1 aliphatic rings. The second-order valence-electron chi connectivity index (χ2n) is 8.64. The van der Waals surface area contributed by atoms with Gasteiger partial charge in [0.1, 0.15) is 11.4 Å². The van der Waals surface area contributed by atoms with Crippen LogP contribution in [-0.2, 0) is 10.3 Å². The zero-order valence-corrected chi connectivity index (χ0v) is 16.2. The molecule has 1 amide bonds. The number of rotatable bonds is 3. The first kappa shape index (κ1) is 19.2. The van der Waals surface area contributed by atoms with Gasteiger partial charge in [0, 0.05) is 24.8 Å². The summed E-state index contributed by atoms with van der Waals surface area (Å²) in [6, 6.07) is 4.85. The van der Waals surface area contributed by atoms with Gasteiger partial charge in [0.05, 0.1) is 5.41 Å². The van der Waals surface area contributed by atoms with Crippen LogP contribution in [0.3, 0.4) is 0 Å². The maximum absolute atomic E-state index is 14.7. The van der Waals surface area contributed by atoms with Crippen molar-refractivity contribution in [2.45, 2.75) is 47.1 Å². The van der Waals surface area contributed by atoms with Crippen LogP contribution in [0.2, 0.25) is 0 Å². The van der Waals surface area contributed by atoms with E-state index in [1.54, 1.807) is 40.0 Å². The van der Waals surface area contributed by atoms with E-state index in [0.29, 0.717) is 5.56 Å². The van der Waals surface area contributed by atoms with E-state index < -0.39 is 16.8 Å². The Morgan fingerprint density at radius 3 is 2.44 bits per heavy atom. The molecule has 0 saturated carbocycles. The van der Waals surface area contributed by atoms with E-state index in [1.807, 2.05) is 0 Å². The summed E-state index contributed by atoms with van der Waals surface area (Å²) in [5.74, 6) is -0.486. The number of amides is 1. The van der Waals surface area contributed by atoms with Gasteiger partial charge in [-0.1, -0.05) is 20.8 Å². The van der Waals surface area contributed by atoms with E-state index in [0.717, 1.165) is 12.2 Å². The molecule has 25 heavy (non-hydrogen) atoms. The standard InChI is InChI=1S/C19H29FN4O/c1-17(2,3)11-22-12-8-9-14(20)13(10-12)19(6)18(4,5)15(25)24(7)16(21)23-19/h8-10,22H,11H2,1-7H3,(H2,21,23)/t19-/m1/s1. The van der Waals surface area contributed by atoms with Gasteiger partial charge < -0.3 is 11.1 Å². The van der Waals surface area contributed by atoms with Crippen LogP contribution in [0, 0.1) is 16.6 Å². The van der Waals surface area contributed by atoms with Crippen molar-refractivity contribution in [3.05, 3.63) is 29.6 Å². The summed E-state index contributed by atoms with van der Waals surface area (Å²) in [6.45, 7) is 12.4. The normalized spacial score (nSPS) is 23.4. The molecular formula is C19H29FN4O. The van der Waals surface area contributed by atoms with E-state index in [4.69, 9.17) is 5.73 Å². The van der Waals surface area contributed by atoms with Gasteiger partial charge in [0.25, 0.3) is 0 Å². The predicted octanol–water partition coefficient (Wildman–Crippen LogP) is 3.31. The molecule has 1 aromatic rings. The molecule has 0 aromatic heterocycles. The monoisotopic (exact) mass is 348 g/mol. The smallest absolute Gasteiger partial charge is 0.237 e. The molecule has 0 spiro atoms. The van der Waals surface area contributed by atoms with Crippen LogP contribution < -0.4 is 11.1 Å². The van der Waals surface area contributed by atoms with Crippen LogP contribution in [0.4, 0.5) is 10.1 Å². The Hall–Kier alpha value is -2.11. The Morgan fingerprint density at radius 2 is 1.88 bits per heavy atom. The Labute approximate surface area is 149 Å². The van der Waals surface area contributed by atoms with E-state index in [2.05, 4.69) is 31.1 Å². The Balaban J connectivity index is 2.54. The lowest BCUT2D eigenvalue weighted by Crippen LogP contribution is -2.58. The number of nitrogens with two attached hydrogens (primary N) is 1. The summed E-state index contributed by atoms with van der Waals surface area (Å²) >= 11 is 0. The highest BCUT2D eigenvalue weighted by Crippen LogP contribution is 2.47. The maximum atomic E-state index is 14.7. The molecule has 1 atom stereocenters. The molecule has 0 radical (unpaired) electrons. The number of anilines is 1. The summed E-state index contributed by atoms with van der Waals surface area (Å²) in [5.41, 5.74) is 5.14. The van der Waals surface area contributed by atoms with Crippen LogP contribution >= 0.6 is 0 Å². The van der Waals surface area contributed by atoms with Gasteiger partial charge in [-0.2, -0.15) is 0 Å². The van der Waals surface area contributed by atoms with Crippen molar-refractivity contribution >= 4 is 17.6 Å². The second-order valence-corrected chi connectivity index (χ2v) is 8.64. The lowest BCUT2D eigenvalue weighted by Gasteiger charge is -2.46. The third kappa shape index (κ3) is 3.34. The second kappa shape index (κ2) is 6.00. The molecule has 6 heteroatoms. The third-order valence-electron chi connectivity index (χ3n) is 5.05. The number of nitrogens with one attached hydrogen (secondary N) is 1. The van der Waals surface area contributed by atoms with Crippen molar-refractivity contribution in [1.29, 1.82) is 0 Å². The van der Waals surface area contributed by atoms with Crippen molar-refractivity contribution in [3.8, 4) is 0 Å². The van der Waals surface area contributed by atoms with Gasteiger partial charge in [0.2, 0.25) is 5.91 Å². The van der Waals surface area contributed by atoms with Gasteiger partial charge >= 0.3 is 0 Å². The fraction of sp³-hybridized carbons (Fsp3) is 0.579. The van der Waals surface area contributed by atoms with Crippen LogP contribution in [-0.4, -0.2) is 30.4 Å². The number of halogens is 1. The molecule has 5 nitrogen and oxygen atoms in total. The first-order chi connectivity index (χ1) is 11.3. The Kier molecular flexibility index (Phi) is 4.61. The molecule has 0 fully saturated rings. The SMILES string of the molecule is CN1C(=O)C(C)(C)[C@@](C)(c2cc(NCC(C)(C)C)ccc2F)N=C1N. The highest BCUT2D eigenvalue weighted by Gasteiger charge is 2.53. The molecule has 0 bridgehead atoms. The quantitative estimate of drug-likeness (QED) is 0.880. The lowest BCUT2D eigenvalue weighted by molar-refractivity contribution is -0.140. The van der Waals surface area contributed by atoms with Crippen molar-refractivity contribution < 1.29 is 9.18 Å². The number of hydrogen-bond donors (Lipinski definition) is 2. The zero-order chi connectivity index (χ0) is 19.2. The van der Waals surface area contributed by atoms with Crippen molar-refractivity contribution in [2.24, 2.45) is 21.6 Å². The van der Waals surface area contributed by atoms with E-state index in [9.17, 15) is 9.18 Å². The van der Waals surface area contributed by atoms with Crippen LogP contribution in [0.25, 0.3) is 0 Å². The fourth-order valence-electron chi connectivity index (χ4n) is 2.95. The zero-order valence-electron chi connectivity index (χ0n) is 16.2. The maximum Gasteiger partial charge on any atom is 0.237 e. The minimum absolute atomic E-state index is 0.0871. The average molecular weight is 348 g/mol. The summed E-state index contributed by atoms with van der Waals surface area (Å²) in [6.07, 6.45) is 0. The first-order valence-corrected chi connectivity index (χ1v) is 8.47. The number of guanidine groups is 1. The minimum atomic E-state index is -1.09. The van der Waals surface area contributed by atoms with Gasteiger partial charge in [-0.15, -0.1) is 0 Å². The molecule has 138 valence electrons. The van der Waals surface area contributed by atoms with Crippen LogP contribution in [0.5, 0.6) is 0 Å². The lowest BCUT2D eigenvalue weighted by atomic mass is 9.67. The molecule has 0 saturated heterocycles. The first-order valence-electron chi connectivity index (χ1n) is 8.47. The van der Waals surface area contributed by atoms with Gasteiger partial charge in [-0.05, 0) is 44.4 Å². The number of hydrogen-bond acceptors (Lipinski definition) is 4.